The van der Waals surface area contributed by atoms with Gasteiger partial charge in [0, 0.05) is 6.54 Å². The fourth-order valence-corrected chi connectivity index (χ4v) is 0.939. The number of likely N-dealkylation sites (tertiary alicyclic amines) is 1. The second-order valence-corrected chi connectivity index (χ2v) is 2.30. The van der Waals surface area contributed by atoms with E-state index in [-0.39, 0.29) is 0 Å². The van der Waals surface area contributed by atoms with Crippen molar-refractivity contribution in [3.05, 3.63) is 6.42 Å². The van der Waals surface area contributed by atoms with Crippen LogP contribution in [0.3, 0.4) is 0 Å². The molecule has 0 bridgehead atoms. The average molecular weight is 116 g/mol. The van der Waals surface area contributed by atoms with Gasteiger partial charge in [0.1, 0.15) is 6.17 Å². The number of hydrogen-bond donors (Lipinski definition) is 0. The highest BCUT2D eigenvalue weighted by molar-refractivity contribution is 4.83. The number of rotatable bonds is 0. The zero-order valence-electron chi connectivity index (χ0n) is 5.10. The highest BCUT2D eigenvalue weighted by Gasteiger charge is 2.14. The molecule has 2 heteroatoms. The third-order valence-corrected chi connectivity index (χ3v) is 1.42. The van der Waals surface area contributed by atoms with Gasteiger partial charge < -0.3 is 4.90 Å². The van der Waals surface area contributed by atoms with Crippen LogP contribution in [0.2, 0.25) is 0 Å². The molecule has 0 aliphatic carbocycles. The fourth-order valence-electron chi connectivity index (χ4n) is 0.939. The first kappa shape index (κ1) is 6.02. The summed E-state index contributed by atoms with van der Waals surface area (Å²) >= 11 is 0. The van der Waals surface area contributed by atoms with Crippen LogP contribution in [0.15, 0.2) is 0 Å². The Morgan fingerprint density at radius 3 is 2.88 bits per heavy atom. The minimum atomic E-state index is -0.686. The van der Waals surface area contributed by atoms with Gasteiger partial charge in [-0.25, -0.2) is 4.39 Å². The van der Waals surface area contributed by atoms with Crippen molar-refractivity contribution in [1.82, 2.24) is 4.90 Å². The average Bonchev–Trinajstić information content (AvgIpc) is 1.64. The van der Waals surface area contributed by atoms with E-state index in [9.17, 15) is 4.39 Å². The second kappa shape index (κ2) is 2.44. The Morgan fingerprint density at radius 2 is 2.50 bits per heavy atom. The van der Waals surface area contributed by atoms with Crippen molar-refractivity contribution in [3.8, 4) is 0 Å². The summed E-state index contributed by atoms with van der Waals surface area (Å²) in [5, 5.41) is 0. The van der Waals surface area contributed by atoms with Gasteiger partial charge in [0.15, 0.2) is 0 Å². The van der Waals surface area contributed by atoms with Crippen LogP contribution >= 0.6 is 0 Å². The molecule has 0 amide bonds. The Hall–Kier alpha value is -0.110. The molecule has 0 aromatic carbocycles. The summed E-state index contributed by atoms with van der Waals surface area (Å²) in [6.07, 6.45) is 1.95. The third kappa shape index (κ3) is 1.44. The van der Waals surface area contributed by atoms with Crippen molar-refractivity contribution < 1.29 is 4.39 Å². The smallest absolute Gasteiger partial charge is 0.116 e. The molecule has 1 aliphatic rings. The first-order valence-electron chi connectivity index (χ1n) is 2.95. The number of alkyl halides is 1. The topological polar surface area (TPSA) is 3.24 Å². The molecule has 8 heavy (non-hydrogen) atoms. The molecule has 0 spiro atoms. The van der Waals surface area contributed by atoms with Gasteiger partial charge in [-0.2, -0.15) is 0 Å². The van der Waals surface area contributed by atoms with Gasteiger partial charge >= 0.3 is 0 Å². The molecule has 1 atom stereocenters. The molecule has 1 fully saturated rings. The first-order valence-corrected chi connectivity index (χ1v) is 2.95. The molecule has 0 aromatic heterocycles. The van der Waals surface area contributed by atoms with Crippen LogP contribution in [-0.2, 0) is 0 Å². The number of nitrogens with zero attached hydrogens (tertiary/aromatic N) is 1. The molecule has 0 saturated carbocycles. The number of hydrogen-bond acceptors (Lipinski definition) is 1. The van der Waals surface area contributed by atoms with Crippen molar-refractivity contribution in [3.63, 3.8) is 0 Å². The van der Waals surface area contributed by atoms with Gasteiger partial charge in [0.05, 0.1) is 0 Å². The molecule has 0 N–H and O–H groups in total. The third-order valence-electron chi connectivity index (χ3n) is 1.42. The number of halogens is 1. The lowest BCUT2D eigenvalue weighted by molar-refractivity contribution is 0.206. The molecule has 1 rings (SSSR count). The lowest BCUT2D eigenvalue weighted by Crippen LogP contribution is -2.33. The molecule has 1 radical (unpaired) electrons. The van der Waals surface area contributed by atoms with E-state index in [4.69, 9.17) is 0 Å². The summed E-state index contributed by atoms with van der Waals surface area (Å²) in [4.78, 5) is 2.00. The SMILES string of the molecule is CN1CC[CH][C@@H](F)C1. The van der Waals surface area contributed by atoms with Gasteiger partial charge in [0.25, 0.3) is 0 Å². The standard InChI is InChI=1S/C6H11FN/c1-8-4-2-3-6(7)5-8/h3,6H,2,4-5H2,1H3/t6-/m1/s1. The van der Waals surface area contributed by atoms with Crippen LogP contribution < -0.4 is 0 Å². The molecule has 1 nitrogen and oxygen atoms in total. The Morgan fingerprint density at radius 1 is 1.75 bits per heavy atom. The lowest BCUT2D eigenvalue weighted by Gasteiger charge is -2.23. The molecular formula is C6H11FN. The monoisotopic (exact) mass is 116 g/mol. The minimum Gasteiger partial charge on any atom is -0.303 e. The Kier molecular flexibility index (Phi) is 1.84. The van der Waals surface area contributed by atoms with Crippen molar-refractivity contribution >= 4 is 0 Å². The van der Waals surface area contributed by atoms with E-state index in [2.05, 4.69) is 0 Å². The van der Waals surface area contributed by atoms with Crippen molar-refractivity contribution in [2.75, 3.05) is 20.1 Å². The lowest BCUT2D eigenvalue weighted by atomic mass is 10.1. The Bertz CT molecular complexity index is 66.9. The summed E-state index contributed by atoms with van der Waals surface area (Å²) in [5.41, 5.74) is 0. The van der Waals surface area contributed by atoms with Crippen LogP contribution in [0, 0.1) is 6.42 Å². The summed E-state index contributed by atoms with van der Waals surface area (Å²) in [6, 6.07) is 0. The predicted molar refractivity (Wildman–Crippen MR) is 31.3 cm³/mol. The van der Waals surface area contributed by atoms with Crippen LogP contribution in [0.4, 0.5) is 4.39 Å². The van der Waals surface area contributed by atoms with Crippen molar-refractivity contribution in [2.45, 2.75) is 12.6 Å². The summed E-state index contributed by atoms with van der Waals surface area (Å²) < 4.78 is 12.3. The zero-order valence-corrected chi connectivity index (χ0v) is 5.10. The molecule has 1 aliphatic heterocycles. The quantitative estimate of drug-likeness (QED) is 0.454. The number of piperidine rings is 1. The molecule has 47 valence electrons. The van der Waals surface area contributed by atoms with E-state index in [0.717, 1.165) is 13.0 Å². The van der Waals surface area contributed by atoms with Gasteiger partial charge in [-0.05, 0) is 26.4 Å². The Balaban J connectivity index is 2.23. The molecule has 0 unspecified atom stereocenters. The van der Waals surface area contributed by atoms with E-state index in [1.54, 1.807) is 6.42 Å². The highest BCUT2D eigenvalue weighted by atomic mass is 19.1. The minimum absolute atomic E-state index is 0.583. The zero-order chi connectivity index (χ0) is 5.98. The molecule has 1 saturated heterocycles. The van der Waals surface area contributed by atoms with Crippen LogP contribution in [0.5, 0.6) is 0 Å². The van der Waals surface area contributed by atoms with Crippen molar-refractivity contribution in [1.29, 1.82) is 0 Å². The fraction of sp³-hybridized carbons (Fsp3) is 0.833. The highest BCUT2D eigenvalue weighted by Crippen LogP contribution is 2.08. The van der Waals surface area contributed by atoms with Crippen LogP contribution in [0.25, 0.3) is 0 Å². The largest absolute Gasteiger partial charge is 0.303 e. The van der Waals surface area contributed by atoms with E-state index in [1.165, 1.54) is 0 Å². The van der Waals surface area contributed by atoms with E-state index >= 15 is 0 Å². The van der Waals surface area contributed by atoms with E-state index in [1.807, 2.05) is 11.9 Å². The maximum atomic E-state index is 12.3. The van der Waals surface area contributed by atoms with Gasteiger partial charge in [0.2, 0.25) is 0 Å². The van der Waals surface area contributed by atoms with Crippen molar-refractivity contribution in [2.24, 2.45) is 0 Å². The maximum Gasteiger partial charge on any atom is 0.116 e. The molecule has 1 heterocycles. The first-order chi connectivity index (χ1) is 3.79. The maximum absolute atomic E-state index is 12.3. The van der Waals surface area contributed by atoms with E-state index in [0.29, 0.717) is 6.54 Å². The molecule has 0 aromatic rings. The molecular weight excluding hydrogens is 105 g/mol. The van der Waals surface area contributed by atoms with Gasteiger partial charge in [-0.3, -0.25) is 0 Å². The van der Waals surface area contributed by atoms with Crippen LogP contribution in [0.1, 0.15) is 6.42 Å². The van der Waals surface area contributed by atoms with Crippen LogP contribution in [-0.4, -0.2) is 31.2 Å². The second-order valence-electron chi connectivity index (χ2n) is 2.30. The predicted octanol–water partition coefficient (Wildman–Crippen LogP) is 0.864. The normalized spacial score (nSPS) is 33.0. The van der Waals surface area contributed by atoms with E-state index < -0.39 is 6.17 Å². The van der Waals surface area contributed by atoms with Gasteiger partial charge in [-0.15, -0.1) is 0 Å². The Labute approximate surface area is 49.5 Å². The van der Waals surface area contributed by atoms with Gasteiger partial charge in [-0.1, -0.05) is 0 Å². The summed E-state index contributed by atoms with van der Waals surface area (Å²) in [7, 11) is 1.94. The summed E-state index contributed by atoms with van der Waals surface area (Å²) in [5.74, 6) is 0. The summed E-state index contributed by atoms with van der Waals surface area (Å²) in [6.45, 7) is 1.60.